The molecule has 0 saturated carbocycles. The van der Waals surface area contributed by atoms with Crippen LogP contribution in [0.25, 0.3) is 0 Å². The number of aliphatic hydroxyl groups excluding tert-OH is 1. The molecule has 4 aliphatic heterocycles. The van der Waals surface area contributed by atoms with Crippen molar-refractivity contribution in [2.24, 2.45) is 0 Å². The predicted octanol–water partition coefficient (Wildman–Crippen LogP) is -1.38. The third-order valence-electron chi connectivity index (χ3n) is 6.19. The lowest BCUT2D eigenvalue weighted by molar-refractivity contribution is -0.295. The monoisotopic (exact) mass is 629 g/mol. The third-order valence-corrected chi connectivity index (χ3v) is 6.19. The Kier molecular flexibility index (Phi) is 9.58. The van der Waals surface area contributed by atoms with Gasteiger partial charge in [0.15, 0.2) is 12.2 Å². The van der Waals surface area contributed by atoms with Crippen LogP contribution in [0.15, 0.2) is 12.8 Å². The first-order valence-electron chi connectivity index (χ1n) is 12.7. The number of hydroxylamine groups is 6. The number of hydrogen-bond donors (Lipinski definition) is 1. The van der Waals surface area contributed by atoms with Crippen LogP contribution in [-0.4, -0.2) is 112 Å². The predicted molar refractivity (Wildman–Crippen MR) is 124 cm³/mol. The summed E-state index contributed by atoms with van der Waals surface area (Å²) < 4.78 is 25.4. The Balaban J connectivity index is 1.49. The number of amides is 6. The summed E-state index contributed by atoms with van der Waals surface area (Å²) in [6, 6.07) is 0. The van der Waals surface area contributed by atoms with Gasteiger partial charge in [-0.3, -0.25) is 43.3 Å². The van der Waals surface area contributed by atoms with Gasteiger partial charge >= 0.3 is 18.5 Å². The molecule has 44 heavy (non-hydrogen) atoms. The maximum atomic E-state index is 12.5. The van der Waals surface area contributed by atoms with Crippen molar-refractivity contribution in [3.8, 4) is 0 Å². The highest BCUT2D eigenvalue weighted by atomic mass is 16.9. The number of ether oxygens (including phenoxy) is 5. The molecule has 0 bridgehead atoms. The van der Waals surface area contributed by atoms with Crippen LogP contribution < -0.4 is 0 Å². The van der Waals surface area contributed by atoms with Gasteiger partial charge in [-0.15, -0.1) is 0 Å². The zero-order valence-electron chi connectivity index (χ0n) is 22.4. The second kappa shape index (κ2) is 13.3. The summed E-state index contributed by atoms with van der Waals surface area (Å²) in [7, 11) is 0. The van der Waals surface area contributed by atoms with Crippen LogP contribution in [0.3, 0.4) is 0 Å². The molecule has 5 atom stereocenters. The Morgan fingerprint density at radius 2 is 1.09 bits per heavy atom. The molecule has 238 valence electrons. The first-order valence-corrected chi connectivity index (χ1v) is 12.7. The lowest BCUT2D eigenvalue weighted by atomic mass is 9.99. The number of nitrogens with zero attached hydrogens (tertiary/aromatic N) is 3. The van der Waals surface area contributed by atoms with Crippen molar-refractivity contribution in [3.63, 3.8) is 0 Å². The molecule has 5 unspecified atom stereocenters. The highest BCUT2D eigenvalue weighted by Crippen LogP contribution is 2.29. The third kappa shape index (κ3) is 7.00. The van der Waals surface area contributed by atoms with E-state index in [9.17, 15) is 48.3 Å². The van der Waals surface area contributed by atoms with Crippen LogP contribution in [0.2, 0.25) is 0 Å². The Morgan fingerprint density at radius 1 is 0.705 bits per heavy atom. The molecule has 4 aliphatic rings. The minimum atomic E-state index is -2.16. The summed E-state index contributed by atoms with van der Waals surface area (Å²) in [5, 5.41) is 11.5. The van der Waals surface area contributed by atoms with Crippen molar-refractivity contribution in [3.05, 3.63) is 12.8 Å². The largest absolute Gasteiger partial charge is 0.534 e. The molecule has 4 saturated heterocycles. The molecule has 4 heterocycles. The molecular formula is C23H23N3O18. The molecule has 21 heteroatoms. The van der Waals surface area contributed by atoms with Crippen molar-refractivity contribution in [1.82, 2.24) is 15.2 Å². The number of aliphatic hydroxyl groups is 1. The highest BCUT2D eigenvalue weighted by Gasteiger charge is 2.52. The number of carbonyl (C=O) groups excluding carboxylic acids is 9. The Morgan fingerprint density at radius 3 is 1.50 bits per heavy atom. The van der Waals surface area contributed by atoms with Crippen molar-refractivity contribution < 1.29 is 86.5 Å². The van der Waals surface area contributed by atoms with Gasteiger partial charge in [0.05, 0.1) is 6.26 Å². The number of hydrogen-bond acceptors (Lipinski definition) is 18. The number of imide groups is 3. The number of rotatable bonds is 9. The van der Waals surface area contributed by atoms with E-state index in [1.807, 2.05) is 0 Å². The number of carbonyl (C=O) groups is 9. The van der Waals surface area contributed by atoms with Crippen LogP contribution in [-0.2, 0) is 67.0 Å². The second-order valence-corrected chi connectivity index (χ2v) is 9.08. The van der Waals surface area contributed by atoms with Gasteiger partial charge in [-0.25, -0.2) is 14.4 Å². The summed E-state index contributed by atoms with van der Waals surface area (Å²) in [4.78, 5) is 121. The maximum Gasteiger partial charge on any atom is 0.534 e. The van der Waals surface area contributed by atoms with Gasteiger partial charge in [-0.1, -0.05) is 21.8 Å². The second-order valence-electron chi connectivity index (χ2n) is 9.08. The molecule has 0 aromatic heterocycles. The molecule has 6 amide bonds. The van der Waals surface area contributed by atoms with Crippen molar-refractivity contribution in [2.75, 3.05) is 6.61 Å². The van der Waals surface area contributed by atoms with E-state index in [2.05, 4.69) is 21.1 Å². The quantitative estimate of drug-likeness (QED) is 0.133. The smallest absolute Gasteiger partial charge is 0.469 e. The van der Waals surface area contributed by atoms with Crippen LogP contribution in [0, 0.1) is 0 Å². The highest BCUT2D eigenvalue weighted by molar-refractivity contribution is 6.02. The van der Waals surface area contributed by atoms with Gasteiger partial charge < -0.3 is 28.8 Å². The van der Waals surface area contributed by atoms with Crippen LogP contribution in [0.4, 0.5) is 14.4 Å². The molecule has 21 nitrogen and oxygen atoms in total. The summed E-state index contributed by atoms with van der Waals surface area (Å²) >= 11 is 0. The van der Waals surface area contributed by atoms with E-state index in [4.69, 9.17) is 23.7 Å². The van der Waals surface area contributed by atoms with E-state index < -0.39 is 91.2 Å². The molecule has 0 radical (unpaired) electrons. The van der Waals surface area contributed by atoms with E-state index in [0.29, 0.717) is 0 Å². The Labute approximate surface area is 244 Å². The van der Waals surface area contributed by atoms with Crippen molar-refractivity contribution in [2.45, 2.75) is 69.2 Å². The summed E-state index contributed by atoms with van der Waals surface area (Å²) in [6.07, 6.45) is -15.3. The summed E-state index contributed by atoms with van der Waals surface area (Å²) in [6.45, 7) is 2.36. The van der Waals surface area contributed by atoms with Crippen LogP contribution in [0.5, 0.6) is 0 Å². The molecule has 4 rings (SSSR count). The first kappa shape index (κ1) is 31.6. The molecule has 1 N–H and O–H groups in total. The minimum Gasteiger partial charge on any atom is -0.469 e. The Bertz CT molecular complexity index is 1230. The SMILES string of the molecule is C=COC1OC(COC(=O)ON2C(=O)CCC2=O)C(OC(=O)ON2C(=O)CCC2=O)C(O)C1OC(=O)ON1C(=O)CCC1=O. The average molecular weight is 629 g/mol. The first-order chi connectivity index (χ1) is 20.9. The van der Waals surface area contributed by atoms with E-state index >= 15 is 0 Å². The van der Waals surface area contributed by atoms with E-state index in [1.54, 1.807) is 0 Å². The summed E-state index contributed by atoms with van der Waals surface area (Å²) in [5.74, 6) is -5.12. The standard InChI is InChI=1S/C23H23N3O18/c1-2-37-20-19(41-23(36)44-26-15(31)7-8-16(26)32)17(33)18(40-22(35)43-25-13(29)5-6-14(25)30)10(39-20)9-38-21(34)42-24-11(27)3-4-12(24)28/h2,10,17-20,33H,1,3-9H2. The zero-order chi connectivity index (χ0) is 32.1. The fraction of sp³-hybridized carbons (Fsp3) is 0.522. The van der Waals surface area contributed by atoms with Gasteiger partial charge in [-0.2, -0.15) is 0 Å². The molecule has 0 aromatic carbocycles. The molecule has 0 aliphatic carbocycles. The van der Waals surface area contributed by atoms with E-state index in [0.717, 1.165) is 6.26 Å². The Hall–Kier alpha value is -5.31. The minimum absolute atomic E-state index is 0.115. The fourth-order valence-corrected chi connectivity index (χ4v) is 4.14. The topological polar surface area (TPSA) is 257 Å². The van der Waals surface area contributed by atoms with Gasteiger partial charge in [0.25, 0.3) is 35.4 Å². The lowest BCUT2D eigenvalue weighted by Crippen LogP contribution is -2.62. The fourth-order valence-electron chi connectivity index (χ4n) is 4.14. The molecule has 0 aromatic rings. The van der Waals surface area contributed by atoms with Gasteiger partial charge in [0.2, 0.25) is 6.29 Å². The van der Waals surface area contributed by atoms with E-state index in [-0.39, 0.29) is 53.7 Å². The van der Waals surface area contributed by atoms with Crippen molar-refractivity contribution in [1.29, 1.82) is 0 Å². The van der Waals surface area contributed by atoms with Crippen LogP contribution >= 0.6 is 0 Å². The van der Waals surface area contributed by atoms with Gasteiger partial charge in [-0.05, 0) is 0 Å². The maximum absolute atomic E-state index is 12.5. The van der Waals surface area contributed by atoms with Crippen LogP contribution in [0.1, 0.15) is 38.5 Å². The molecule has 0 spiro atoms. The normalized spacial score (nSPS) is 26.9. The zero-order valence-corrected chi connectivity index (χ0v) is 22.4. The van der Waals surface area contributed by atoms with Gasteiger partial charge in [0.1, 0.15) is 18.8 Å². The molecular weight excluding hydrogens is 606 g/mol. The summed E-state index contributed by atoms with van der Waals surface area (Å²) in [5.41, 5.74) is 0. The lowest BCUT2D eigenvalue weighted by Gasteiger charge is -2.41. The molecule has 4 fully saturated rings. The van der Waals surface area contributed by atoms with E-state index in [1.165, 1.54) is 0 Å². The average Bonchev–Trinajstić information content (AvgIpc) is 3.58. The van der Waals surface area contributed by atoms with Crippen molar-refractivity contribution >= 4 is 53.9 Å². The van der Waals surface area contributed by atoms with Gasteiger partial charge in [0, 0.05) is 38.5 Å².